The maximum Gasteiger partial charge on any atom is 0.262 e. The van der Waals surface area contributed by atoms with Gasteiger partial charge in [-0.25, -0.2) is 8.42 Å². The maximum absolute atomic E-state index is 13.0. The van der Waals surface area contributed by atoms with Crippen molar-refractivity contribution in [1.29, 1.82) is 0 Å². The zero-order valence-electron chi connectivity index (χ0n) is 18.7. The molecule has 6 nitrogen and oxygen atoms in total. The molecular weight excluding hydrogens is 410 g/mol. The molecule has 2 N–H and O–H groups in total. The number of hydrogen-bond donors (Lipinski definition) is 2. The van der Waals surface area contributed by atoms with Gasteiger partial charge in [0.2, 0.25) is 0 Å². The van der Waals surface area contributed by atoms with Crippen LogP contribution in [0.1, 0.15) is 52.7 Å². The summed E-state index contributed by atoms with van der Waals surface area (Å²) in [4.78, 5) is 15.2. The predicted molar refractivity (Wildman–Crippen MR) is 125 cm³/mol. The molecule has 0 radical (unpaired) electrons. The van der Waals surface area contributed by atoms with E-state index in [-0.39, 0.29) is 10.8 Å². The lowest BCUT2D eigenvalue weighted by Gasteiger charge is -2.26. The maximum atomic E-state index is 13.0. The van der Waals surface area contributed by atoms with Gasteiger partial charge in [0.05, 0.1) is 10.6 Å². The molecule has 0 unspecified atom stereocenters. The number of sulfonamides is 1. The number of aryl methyl sites for hydroxylation is 3. The molecule has 2 aromatic rings. The zero-order chi connectivity index (χ0) is 22.4. The summed E-state index contributed by atoms with van der Waals surface area (Å²) in [6, 6.07) is 10.4. The first-order chi connectivity index (χ1) is 14.8. The number of rotatable bonds is 8. The van der Waals surface area contributed by atoms with E-state index in [1.807, 2.05) is 26.0 Å². The van der Waals surface area contributed by atoms with Crippen molar-refractivity contribution in [1.82, 2.24) is 10.2 Å². The molecular formula is C24H33N3O3S. The van der Waals surface area contributed by atoms with Crippen molar-refractivity contribution in [3.63, 3.8) is 0 Å². The highest BCUT2D eigenvalue weighted by molar-refractivity contribution is 7.92. The Morgan fingerprint density at radius 1 is 0.968 bits per heavy atom. The molecule has 3 rings (SSSR count). The van der Waals surface area contributed by atoms with Crippen LogP contribution >= 0.6 is 0 Å². The van der Waals surface area contributed by atoms with E-state index < -0.39 is 10.0 Å². The Hall–Kier alpha value is -2.38. The molecule has 31 heavy (non-hydrogen) atoms. The fourth-order valence-corrected chi connectivity index (χ4v) is 5.26. The van der Waals surface area contributed by atoms with Crippen LogP contribution in [0.5, 0.6) is 0 Å². The van der Waals surface area contributed by atoms with Gasteiger partial charge in [0, 0.05) is 12.1 Å². The van der Waals surface area contributed by atoms with Gasteiger partial charge in [0.25, 0.3) is 15.9 Å². The third kappa shape index (κ3) is 6.31. The van der Waals surface area contributed by atoms with E-state index in [1.54, 1.807) is 25.1 Å². The topological polar surface area (TPSA) is 78.5 Å². The van der Waals surface area contributed by atoms with Crippen molar-refractivity contribution in [2.75, 3.05) is 30.9 Å². The van der Waals surface area contributed by atoms with Gasteiger partial charge in [-0.05, 0) is 94.6 Å². The third-order valence-electron chi connectivity index (χ3n) is 5.76. The van der Waals surface area contributed by atoms with Crippen LogP contribution in [0.15, 0.2) is 41.3 Å². The molecule has 0 spiro atoms. The molecule has 0 aromatic heterocycles. The van der Waals surface area contributed by atoms with Crippen LogP contribution in [0.2, 0.25) is 0 Å². The van der Waals surface area contributed by atoms with E-state index in [2.05, 4.69) is 14.9 Å². The summed E-state index contributed by atoms with van der Waals surface area (Å²) in [5.41, 5.74) is 3.31. The summed E-state index contributed by atoms with van der Waals surface area (Å²) in [6.07, 6.45) is 4.70. The molecule has 1 aliphatic heterocycles. The fraction of sp³-hybridized carbons (Fsp3) is 0.458. The van der Waals surface area contributed by atoms with Crippen molar-refractivity contribution in [3.05, 3.63) is 58.7 Å². The predicted octanol–water partition coefficient (Wildman–Crippen LogP) is 4.02. The summed E-state index contributed by atoms with van der Waals surface area (Å²) in [7, 11) is -3.82. The number of nitrogens with zero attached hydrogens (tertiary/aromatic N) is 1. The van der Waals surface area contributed by atoms with Crippen LogP contribution in [-0.2, 0) is 10.0 Å². The first kappa shape index (κ1) is 23.3. The van der Waals surface area contributed by atoms with Gasteiger partial charge in [-0.2, -0.15) is 0 Å². The van der Waals surface area contributed by atoms with Crippen molar-refractivity contribution in [3.8, 4) is 0 Å². The summed E-state index contributed by atoms with van der Waals surface area (Å²) < 4.78 is 28.8. The Morgan fingerprint density at radius 3 is 2.42 bits per heavy atom. The van der Waals surface area contributed by atoms with Gasteiger partial charge in [0.15, 0.2) is 0 Å². The number of carbonyl (C=O) groups is 1. The minimum Gasteiger partial charge on any atom is -0.352 e. The number of likely N-dealkylation sites (tertiary alicyclic amines) is 1. The highest BCUT2D eigenvalue weighted by Crippen LogP contribution is 2.24. The average Bonchev–Trinajstić information content (AvgIpc) is 2.74. The molecule has 1 fully saturated rings. The first-order valence-electron chi connectivity index (χ1n) is 11.0. The van der Waals surface area contributed by atoms with E-state index in [0.29, 0.717) is 23.4 Å². The van der Waals surface area contributed by atoms with Gasteiger partial charge in [-0.3, -0.25) is 9.52 Å². The Labute approximate surface area is 186 Å². The van der Waals surface area contributed by atoms with Gasteiger partial charge < -0.3 is 10.2 Å². The summed E-state index contributed by atoms with van der Waals surface area (Å²) >= 11 is 0. The van der Waals surface area contributed by atoms with Crippen LogP contribution in [0.4, 0.5) is 5.69 Å². The highest BCUT2D eigenvalue weighted by Gasteiger charge is 2.20. The number of nitrogens with one attached hydrogen (secondary N) is 2. The molecule has 2 aromatic carbocycles. The summed E-state index contributed by atoms with van der Waals surface area (Å²) in [5.74, 6) is -0.248. The van der Waals surface area contributed by atoms with E-state index in [0.717, 1.165) is 37.2 Å². The molecule has 1 saturated heterocycles. The van der Waals surface area contributed by atoms with Crippen molar-refractivity contribution in [2.24, 2.45) is 0 Å². The van der Waals surface area contributed by atoms with Crippen molar-refractivity contribution < 1.29 is 13.2 Å². The van der Waals surface area contributed by atoms with Crippen LogP contribution in [0.3, 0.4) is 0 Å². The van der Waals surface area contributed by atoms with Crippen molar-refractivity contribution in [2.45, 2.75) is 51.3 Å². The van der Waals surface area contributed by atoms with Gasteiger partial charge in [-0.15, -0.1) is 0 Å². The number of hydrogen-bond acceptors (Lipinski definition) is 4. The lowest BCUT2D eigenvalue weighted by Crippen LogP contribution is -2.33. The molecule has 1 heterocycles. The van der Waals surface area contributed by atoms with E-state index in [1.165, 1.54) is 25.3 Å². The lowest BCUT2D eigenvalue weighted by molar-refractivity contribution is 0.0951. The monoisotopic (exact) mass is 443 g/mol. The number of carbonyl (C=O) groups excluding carboxylic acids is 1. The largest absolute Gasteiger partial charge is 0.352 e. The van der Waals surface area contributed by atoms with E-state index >= 15 is 0 Å². The highest BCUT2D eigenvalue weighted by atomic mass is 32.2. The third-order valence-corrected chi connectivity index (χ3v) is 7.27. The molecule has 1 amide bonds. The molecule has 7 heteroatoms. The normalized spacial score (nSPS) is 14.9. The number of anilines is 1. The molecule has 0 aliphatic carbocycles. The van der Waals surface area contributed by atoms with Gasteiger partial charge in [-0.1, -0.05) is 24.6 Å². The first-order valence-corrected chi connectivity index (χ1v) is 12.5. The standard InChI is InChI=1S/C24H33N3O3S/c1-18-8-9-19(2)22(16-18)26-31(29,30)23-17-21(11-10-20(23)3)24(28)25-12-7-15-27-13-5-4-6-14-27/h8-11,16-17,26H,4-7,12-15H2,1-3H3,(H,25,28). The Morgan fingerprint density at radius 2 is 1.68 bits per heavy atom. The Balaban J connectivity index is 1.65. The molecule has 168 valence electrons. The molecule has 0 bridgehead atoms. The summed E-state index contributed by atoms with van der Waals surface area (Å²) in [6.45, 7) is 9.34. The molecule has 0 saturated carbocycles. The molecule has 1 aliphatic rings. The van der Waals surface area contributed by atoms with Crippen LogP contribution in [0.25, 0.3) is 0 Å². The van der Waals surface area contributed by atoms with Crippen LogP contribution in [-0.4, -0.2) is 45.4 Å². The zero-order valence-corrected chi connectivity index (χ0v) is 19.5. The second kappa shape index (κ2) is 10.3. The minimum absolute atomic E-state index is 0.120. The Kier molecular flexibility index (Phi) is 7.73. The number of piperidine rings is 1. The smallest absolute Gasteiger partial charge is 0.262 e. The fourth-order valence-electron chi connectivity index (χ4n) is 3.87. The number of amides is 1. The summed E-state index contributed by atoms with van der Waals surface area (Å²) in [5, 5.41) is 2.92. The van der Waals surface area contributed by atoms with Crippen molar-refractivity contribution >= 4 is 21.6 Å². The van der Waals surface area contributed by atoms with Crippen LogP contribution < -0.4 is 10.0 Å². The van der Waals surface area contributed by atoms with E-state index in [9.17, 15) is 13.2 Å². The molecule has 0 atom stereocenters. The number of benzene rings is 2. The second-order valence-corrected chi connectivity index (χ2v) is 10.1. The average molecular weight is 444 g/mol. The Bertz CT molecular complexity index is 1030. The quantitative estimate of drug-likeness (QED) is 0.604. The van der Waals surface area contributed by atoms with Gasteiger partial charge in [0.1, 0.15) is 0 Å². The minimum atomic E-state index is -3.82. The second-order valence-electron chi connectivity index (χ2n) is 8.42. The van der Waals surface area contributed by atoms with E-state index in [4.69, 9.17) is 0 Å². The van der Waals surface area contributed by atoms with Crippen LogP contribution in [0, 0.1) is 20.8 Å². The SMILES string of the molecule is Cc1ccc(C)c(NS(=O)(=O)c2cc(C(=O)NCCCN3CCCCC3)ccc2C)c1. The lowest BCUT2D eigenvalue weighted by atomic mass is 10.1. The van der Waals surface area contributed by atoms with Gasteiger partial charge >= 0.3 is 0 Å².